The molecule has 1 fully saturated rings. The fraction of sp³-hybridized carbons (Fsp3) is 0.500. The molecule has 1 saturated heterocycles. The van der Waals surface area contributed by atoms with Crippen LogP contribution in [0.2, 0.25) is 0 Å². The van der Waals surface area contributed by atoms with Gasteiger partial charge >= 0.3 is 5.97 Å². The first-order chi connectivity index (χ1) is 8.75. The average Bonchev–Trinajstić information content (AvgIpc) is 2.40. The lowest BCUT2D eigenvalue weighted by atomic mass is 10.0. The van der Waals surface area contributed by atoms with Crippen LogP contribution in [-0.4, -0.2) is 30.8 Å². The van der Waals surface area contributed by atoms with E-state index in [1.165, 1.54) is 0 Å². The molecule has 98 valence electrons. The molecule has 0 saturated carbocycles. The van der Waals surface area contributed by atoms with Gasteiger partial charge in [-0.05, 0) is 43.0 Å². The summed E-state index contributed by atoms with van der Waals surface area (Å²) in [5.74, 6) is -0.172. The van der Waals surface area contributed by atoms with Crippen molar-refractivity contribution in [1.29, 1.82) is 0 Å². The topological polar surface area (TPSA) is 58.6 Å². The van der Waals surface area contributed by atoms with Crippen LogP contribution in [0.15, 0.2) is 24.3 Å². The Kier molecular flexibility index (Phi) is 4.73. The summed E-state index contributed by atoms with van der Waals surface area (Å²) in [4.78, 5) is 10.7. The molecule has 18 heavy (non-hydrogen) atoms. The van der Waals surface area contributed by atoms with Crippen LogP contribution in [0, 0.1) is 5.92 Å². The molecule has 0 atom stereocenters. The minimum Gasteiger partial charge on any atom is -0.478 e. The number of hydrogen-bond acceptors (Lipinski definition) is 3. The van der Waals surface area contributed by atoms with Gasteiger partial charge in [-0.2, -0.15) is 0 Å². The molecule has 0 amide bonds. The molecule has 0 aromatic heterocycles. The zero-order valence-corrected chi connectivity index (χ0v) is 10.4. The molecule has 1 aromatic carbocycles. The predicted molar refractivity (Wildman–Crippen MR) is 68.7 cm³/mol. The molecule has 0 unspecified atom stereocenters. The van der Waals surface area contributed by atoms with Crippen molar-refractivity contribution in [3.63, 3.8) is 0 Å². The Morgan fingerprint density at radius 1 is 1.28 bits per heavy atom. The first kappa shape index (κ1) is 13.1. The molecule has 1 aliphatic rings. The molecule has 0 bridgehead atoms. The summed E-state index contributed by atoms with van der Waals surface area (Å²) in [6.07, 6.45) is 2.26. The van der Waals surface area contributed by atoms with Crippen molar-refractivity contribution in [3.8, 4) is 0 Å². The second-order valence-corrected chi connectivity index (χ2v) is 4.69. The van der Waals surface area contributed by atoms with E-state index in [2.05, 4.69) is 5.32 Å². The van der Waals surface area contributed by atoms with Gasteiger partial charge in [-0.1, -0.05) is 12.1 Å². The van der Waals surface area contributed by atoms with E-state index in [4.69, 9.17) is 9.84 Å². The molecule has 1 aliphatic heterocycles. The van der Waals surface area contributed by atoms with E-state index in [1.807, 2.05) is 12.1 Å². The van der Waals surface area contributed by atoms with Crippen molar-refractivity contribution in [3.05, 3.63) is 35.4 Å². The lowest BCUT2D eigenvalue weighted by molar-refractivity contribution is 0.0662. The van der Waals surface area contributed by atoms with Gasteiger partial charge in [0.1, 0.15) is 0 Å². The Morgan fingerprint density at radius 2 is 1.94 bits per heavy atom. The highest BCUT2D eigenvalue weighted by atomic mass is 16.5. The van der Waals surface area contributed by atoms with E-state index >= 15 is 0 Å². The SMILES string of the molecule is O=C(O)c1ccc(CNCC2CCOCC2)cc1. The number of carbonyl (C=O) groups is 1. The third-order valence-electron chi connectivity index (χ3n) is 3.30. The number of nitrogens with one attached hydrogen (secondary N) is 1. The van der Waals surface area contributed by atoms with Gasteiger partial charge in [-0.25, -0.2) is 4.79 Å². The normalized spacial score (nSPS) is 16.7. The lowest BCUT2D eigenvalue weighted by Gasteiger charge is -2.22. The van der Waals surface area contributed by atoms with Crippen molar-refractivity contribution >= 4 is 5.97 Å². The quantitative estimate of drug-likeness (QED) is 0.836. The van der Waals surface area contributed by atoms with Crippen LogP contribution in [0.4, 0.5) is 0 Å². The largest absolute Gasteiger partial charge is 0.478 e. The second kappa shape index (κ2) is 6.52. The van der Waals surface area contributed by atoms with E-state index in [9.17, 15) is 4.79 Å². The van der Waals surface area contributed by atoms with Gasteiger partial charge in [0, 0.05) is 19.8 Å². The fourth-order valence-corrected chi connectivity index (χ4v) is 2.14. The molecule has 4 heteroatoms. The number of carboxylic acids is 1. The maximum atomic E-state index is 10.7. The summed E-state index contributed by atoms with van der Waals surface area (Å²) in [6, 6.07) is 7.02. The molecule has 2 rings (SSSR count). The van der Waals surface area contributed by atoms with Crippen LogP contribution < -0.4 is 5.32 Å². The summed E-state index contributed by atoms with van der Waals surface area (Å²) in [6.45, 7) is 3.54. The minimum atomic E-state index is -0.878. The molecular formula is C14H19NO3. The van der Waals surface area contributed by atoms with E-state index in [-0.39, 0.29) is 0 Å². The third-order valence-corrected chi connectivity index (χ3v) is 3.30. The van der Waals surface area contributed by atoms with E-state index < -0.39 is 5.97 Å². The highest BCUT2D eigenvalue weighted by Crippen LogP contribution is 2.13. The van der Waals surface area contributed by atoms with Crippen LogP contribution in [0.5, 0.6) is 0 Å². The molecule has 0 radical (unpaired) electrons. The minimum absolute atomic E-state index is 0.336. The summed E-state index contributed by atoms with van der Waals surface area (Å²) < 4.78 is 5.32. The Morgan fingerprint density at radius 3 is 2.56 bits per heavy atom. The first-order valence-electron chi connectivity index (χ1n) is 6.36. The van der Waals surface area contributed by atoms with E-state index in [0.29, 0.717) is 11.5 Å². The predicted octanol–water partition coefficient (Wildman–Crippen LogP) is 1.90. The second-order valence-electron chi connectivity index (χ2n) is 4.69. The Balaban J connectivity index is 1.74. The first-order valence-corrected chi connectivity index (χ1v) is 6.36. The van der Waals surface area contributed by atoms with Gasteiger partial charge < -0.3 is 15.2 Å². The van der Waals surface area contributed by atoms with Crippen LogP contribution in [-0.2, 0) is 11.3 Å². The van der Waals surface area contributed by atoms with Crippen LogP contribution >= 0.6 is 0 Å². The third kappa shape index (κ3) is 3.82. The maximum Gasteiger partial charge on any atom is 0.335 e. The zero-order valence-electron chi connectivity index (χ0n) is 10.4. The molecule has 1 heterocycles. The Bertz CT molecular complexity index is 383. The number of ether oxygens (including phenoxy) is 1. The molecular weight excluding hydrogens is 230 g/mol. The number of rotatable bonds is 5. The van der Waals surface area contributed by atoms with E-state index in [0.717, 1.165) is 44.7 Å². The standard InChI is InChI=1S/C14H19NO3/c16-14(17)13-3-1-11(2-4-13)9-15-10-12-5-7-18-8-6-12/h1-4,12,15H,5-10H2,(H,16,17). The van der Waals surface area contributed by atoms with Gasteiger partial charge in [0.15, 0.2) is 0 Å². The van der Waals surface area contributed by atoms with E-state index in [1.54, 1.807) is 12.1 Å². The van der Waals surface area contributed by atoms with Crippen molar-refractivity contribution in [1.82, 2.24) is 5.32 Å². The highest BCUT2D eigenvalue weighted by Gasteiger charge is 2.12. The zero-order chi connectivity index (χ0) is 12.8. The van der Waals surface area contributed by atoms with Gasteiger partial charge in [-0.3, -0.25) is 0 Å². The molecule has 0 aliphatic carbocycles. The van der Waals surface area contributed by atoms with Crippen molar-refractivity contribution < 1.29 is 14.6 Å². The van der Waals surface area contributed by atoms with Crippen molar-refractivity contribution in [2.24, 2.45) is 5.92 Å². The van der Waals surface area contributed by atoms with Crippen LogP contribution in [0.3, 0.4) is 0 Å². The summed E-state index contributed by atoms with van der Waals surface area (Å²) in [7, 11) is 0. The van der Waals surface area contributed by atoms with Gasteiger partial charge in [0.25, 0.3) is 0 Å². The van der Waals surface area contributed by atoms with Gasteiger partial charge in [-0.15, -0.1) is 0 Å². The number of aromatic carboxylic acids is 1. The summed E-state index contributed by atoms with van der Waals surface area (Å²) in [5, 5.41) is 12.2. The highest BCUT2D eigenvalue weighted by molar-refractivity contribution is 5.87. The maximum absolute atomic E-state index is 10.7. The van der Waals surface area contributed by atoms with Gasteiger partial charge in [0.2, 0.25) is 0 Å². The number of carboxylic acid groups (broad SMARTS) is 1. The van der Waals surface area contributed by atoms with Crippen molar-refractivity contribution in [2.45, 2.75) is 19.4 Å². The number of hydrogen-bond donors (Lipinski definition) is 2. The molecule has 4 nitrogen and oxygen atoms in total. The Hall–Kier alpha value is -1.39. The average molecular weight is 249 g/mol. The summed E-state index contributed by atoms with van der Waals surface area (Å²) >= 11 is 0. The summed E-state index contributed by atoms with van der Waals surface area (Å²) in [5.41, 5.74) is 1.45. The van der Waals surface area contributed by atoms with Crippen molar-refractivity contribution in [2.75, 3.05) is 19.8 Å². The smallest absolute Gasteiger partial charge is 0.335 e. The van der Waals surface area contributed by atoms with Gasteiger partial charge in [0.05, 0.1) is 5.56 Å². The lowest BCUT2D eigenvalue weighted by Crippen LogP contribution is -2.27. The molecule has 2 N–H and O–H groups in total. The number of benzene rings is 1. The Labute approximate surface area is 107 Å². The molecule has 0 spiro atoms. The fourth-order valence-electron chi connectivity index (χ4n) is 2.14. The molecule has 1 aromatic rings. The van der Waals surface area contributed by atoms with Crippen LogP contribution in [0.1, 0.15) is 28.8 Å². The van der Waals surface area contributed by atoms with Crippen LogP contribution in [0.25, 0.3) is 0 Å². The monoisotopic (exact) mass is 249 g/mol.